The van der Waals surface area contributed by atoms with Crippen molar-refractivity contribution in [2.24, 2.45) is 0 Å². The number of rotatable bonds is 4. The van der Waals surface area contributed by atoms with E-state index in [4.69, 9.17) is 5.11 Å². The fourth-order valence-corrected chi connectivity index (χ4v) is 4.58. The van der Waals surface area contributed by atoms with Gasteiger partial charge in [-0.15, -0.1) is 0 Å². The second-order valence-electron chi connectivity index (χ2n) is 4.58. The van der Waals surface area contributed by atoms with Crippen molar-refractivity contribution in [3.8, 4) is 0 Å². The summed E-state index contributed by atoms with van der Waals surface area (Å²) in [5, 5.41) is 8.76. The van der Waals surface area contributed by atoms with Crippen LogP contribution in [0.2, 0.25) is 0 Å². The molecule has 21 heavy (non-hydrogen) atoms. The predicted octanol–water partition coefficient (Wildman–Crippen LogP) is 1.84. The first-order valence-corrected chi connectivity index (χ1v) is 8.78. The van der Waals surface area contributed by atoms with Gasteiger partial charge >= 0.3 is 5.97 Å². The standard InChI is InChI=1S/C12H13F2NO4S2/c13-8-3-4-9(11(14)10(8)12(16)17)21(18,19)15-7-2-1-5-20-6-7/h3-4,7,15H,1-2,5-6H2,(H,16,17). The molecule has 1 aliphatic rings. The summed E-state index contributed by atoms with van der Waals surface area (Å²) in [6.45, 7) is 0. The summed E-state index contributed by atoms with van der Waals surface area (Å²) in [5.74, 6) is -3.25. The summed E-state index contributed by atoms with van der Waals surface area (Å²) in [5.41, 5.74) is -1.27. The van der Waals surface area contributed by atoms with E-state index in [1.165, 1.54) is 0 Å². The van der Waals surface area contributed by atoms with Gasteiger partial charge in [0.1, 0.15) is 16.3 Å². The van der Waals surface area contributed by atoms with Crippen molar-refractivity contribution in [2.45, 2.75) is 23.8 Å². The molecule has 0 radical (unpaired) electrons. The van der Waals surface area contributed by atoms with Crippen LogP contribution in [0.25, 0.3) is 0 Å². The Hall–Kier alpha value is -1.19. The maximum Gasteiger partial charge on any atom is 0.341 e. The Morgan fingerprint density at radius 2 is 2.10 bits per heavy atom. The van der Waals surface area contributed by atoms with Gasteiger partial charge in [-0.1, -0.05) is 0 Å². The van der Waals surface area contributed by atoms with Crippen molar-refractivity contribution in [1.82, 2.24) is 4.72 Å². The number of sulfonamides is 1. The Labute approximate surface area is 124 Å². The van der Waals surface area contributed by atoms with E-state index in [9.17, 15) is 22.0 Å². The van der Waals surface area contributed by atoms with Gasteiger partial charge < -0.3 is 5.11 Å². The normalized spacial score (nSPS) is 19.4. The molecule has 0 bridgehead atoms. The van der Waals surface area contributed by atoms with Crippen LogP contribution >= 0.6 is 11.8 Å². The van der Waals surface area contributed by atoms with Crippen molar-refractivity contribution in [1.29, 1.82) is 0 Å². The fraction of sp³-hybridized carbons (Fsp3) is 0.417. The van der Waals surface area contributed by atoms with E-state index in [1.807, 2.05) is 0 Å². The van der Waals surface area contributed by atoms with Crippen LogP contribution in [0.4, 0.5) is 8.78 Å². The van der Waals surface area contributed by atoms with E-state index >= 15 is 0 Å². The van der Waals surface area contributed by atoms with Crippen LogP contribution in [-0.4, -0.2) is 37.0 Å². The molecule has 0 amide bonds. The zero-order chi connectivity index (χ0) is 15.6. The SMILES string of the molecule is O=C(O)c1c(F)ccc(S(=O)(=O)NC2CCCSC2)c1F. The third-order valence-corrected chi connectivity index (χ3v) is 5.79. The van der Waals surface area contributed by atoms with Crippen LogP contribution < -0.4 is 4.72 Å². The van der Waals surface area contributed by atoms with E-state index in [0.29, 0.717) is 18.2 Å². The summed E-state index contributed by atoms with van der Waals surface area (Å²) < 4.78 is 53.9. The van der Waals surface area contributed by atoms with Crippen LogP contribution in [0.3, 0.4) is 0 Å². The first-order chi connectivity index (χ1) is 9.83. The molecule has 2 rings (SSSR count). The topological polar surface area (TPSA) is 83.5 Å². The Morgan fingerprint density at radius 3 is 2.67 bits per heavy atom. The quantitative estimate of drug-likeness (QED) is 0.876. The minimum absolute atomic E-state index is 0.341. The fourth-order valence-electron chi connectivity index (χ4n) is 2.05. The van der Waals surface area contributed by atoms with E-state index < -0.39 is 38.1 Å². The number of benzene rings is 1. The van der Waals surface area contributed by atoms with Crippen LogP contribution in [0, 0.1) is 11.6 Å². The van der Waals surface area contributed by atoms with Crippen LogP contribution in [-0.2, 0) is 10.0 Å². The van der Waals surface area contributed by atoms with Crippen molar-refractivity contribution in [3.05, 3.63) is 29.3 Å². The zero-order valence-electron chi connectivity index (χ0n) is 10.8. The van der Waals surface area contributed by atoms with Gasteiger partial charge in [0.2, 0.25) is 10.0 Å². The van der Waals surface area contributed by atoms with Gasteiger partial charge in [0.25, 0.3) is 0 Å². The molecule has 5 nitrogen and oxygen atoms in total. The Morgan fingerprint density at radius 1 is 1.38 bits per heavy atom. The highest BCUT2D eigenvalue weighted by atomic mass is 32.2. The molecular formula is C12H13F2NO4S2. The van der Waals surface area contributed by atoms with Crippen LogP contribution in [0.15, 0.2) is 17.0 Å². The minimum Gasteiger partial charge on any atom is -0.477 e. The monoisotopic (exact) mass is 337 g/mol. The lowest BCUT2D eigenvalue weighted by molar-refractivity contribution is 0.0685. The first kappa shape index (κ1) is 16.2. The number of carbonyl (C=O) groups is 1. The molecule has 1 aromatic rings. The molecule has 116 valence electrons. The largest absolute Gasteiger partial charge is 0.477 e. The summed E-state index contributed by atoms with van der Waals surface area (Å²) in [7, 11) is -4.23. The van der Waals surface area contributed by atoms with E-state index in [2.05, 4.69) is 4.72 Å². The lowest BCUT2D eigenvalue weighted by Crippen LogP contribution is -2.38. The molecule has 1 unspecified atom stereocenters. The van der Waals surface area contributed by atoms with Gasteiger partial charge in [0, 0.05) is 11.8 Å². The van der Waals surface area contributed by atoms with Crippen LogP contribution in [0.1, 0.15) is 23.2 Å². The molecule has 9 heteroatoms. The molecule has 1 fully saturated rings. The highest BCUT2D eigenvalue weighted by Crippen LogP contribution is 2.23. The number of aromatic carboxylic acids is 1. The van der Waals surface area contributed by atoms with Gasteiger partial charge in [-0.25, -0.2) is 26.7 Å². The predicted molar refractivity (Wildman–Crippen MR) is 74.0 cm³/mol. The number of halogens is 2. The van der Waals surface area contributed by atoms with Crippen LogP contribution in [0.5, 0.6) is 0 Å². The Balaban J connectivity index is 2.36. The lowest BCUT2D eigenvalue weighted by Gasteiger charge is -2.22. The summed E-state index contributed by atoms with van der Waals surface area (Å²) in [6.07, 6.45) is 1.46. The van der Waals surface area contributed by atoms with Gasteiger partial charge in [-0.3, -0.25) is 0 Å². The minimum atomic E-state index is -4.23. The molecule has 1 atom stereocenters. The smallest absolute Gasteiger partial charge is 0.341 e. The van der Waals surface area contributed by atoms with E-state index in [-0.39, 0.29) is 6.04 Å². The molecule has 0 saturated carbocycles. The van der Waals surface area contributed by atoms with E-state index in [0.717, 1.165) is 18.2 Å². The molecule has 0 spiro atoms. The molecule has 2 N–H and O–H groups in total. The molecule has 1 heterocycles. The Kier molecular flexibility index (Phi) is 4.84. The van der Waals surface area contributed by atoms with E-state index in [1.54, 1.807) is 11.8 Å². The van der Waals surface area contributed by atoms with Crippen molar-refractivity contribution in [3.63, 3.8) is 0 Å². The van der Waals surface area contributed by atoms with Crippen molar-refractivity contribution in [2.75, 3.05) is 11.5 Å². The molecule has 0 aliphatic carbocycles. The summed E-state index contributed by atoms with van der Waals surface area (Å²) in [6, 6.07) is 1.03. The van der Waals surface area contributed by atoms with Crippen molar-refractivity contribution < 1.29 is 27.1 Å². The first-order valence-electron chi connectivity index (χ1n) is 6.14. The maximum atomic E-state index is 14.0. The highest BCUT2D eigenvalue weighted by Gasteiger charge is 2.29. The van der Waals surface area contributed by atoms with Gasteiger partial charge in [-0.2, -0.15) is 11.8 Å². The number of thioether (sulfide) groups is 1. The third-order valence-electron chi connectivity index (χ3n) is 3.04. The van der Waals surface area contributed by atoms with Gasteiger partial charge in [0.05, 0.1) is 0 Å². The summed E-state index contributed by atoms with van der Waals surface area (Å²) in [4.78, 5) is 9.96. The third kappa shape index (κ3) is 3.53. The number of nitrogens with one attached hydrogen (secondary N) is 1. The number of carboxylic acids is 1. The molecule has 0 aromatic heterocycles. The Bertz CT molecular complexity index is 657. The molecular weight excluding hydrogens is 324 g/mol. The second kappa shape index (κ2) is 6.29. The molecule has 1 saturated heterocycles. The van der Waals surface area contributed by atoms with Crippen molar-refractivity contribution >= 4 is 27.8 Å². The number of hydrogen-bond acceptors (Lipinski definition) is 4. The lowest BCUT2D eigenvalue weighted by atomic mass is 10.2. The summed E-state index contributed by atoms with van der Waals surface area (Å²) >= 11 is 1.58. The highest BCUT2D eigenvalue weighted by molar-refractivity contribution is 7.99. The zero-order valence-corrected chi connectivity index (χ0v) is 12.4. The van der Waals surface area contributed by atoms with Gasteiger partial charge in [0.15, 0.2) is 5.82 Å². The average Bonchev–Trinajstić information content (AvgIpc) is 2.38. The number of hydrogen-bond donors (Lipinski definition) is 2. The molecule has 1 aliphatic heterocycles. The number of carboxylic acid groups (broad SMARTS) is 1. The maximum absolute atomic E-state index is 14.0. The van der Waals surface area contributed by atoms with Gasteiger partial charge in [-0.05, 0) is 30.7 Å². The average molecular weight is 337 g/mol. The second-order valence-corrected chi connectivity index (χ2v) is 7.41. The molecule has 1 aromatic carbocycles.